The van der Waals surface area contributed by atoms with Gasteiger partial charge in [0.05, 0.1) is 0 Å². The third-order valence-electron chi connectivity index (χ3n) is 0. The fourth-order valence-electron chi connectivity index (χ4n) is 0. The average molecular weight is 164 g/mol. The molecule has 0 atom stereocenters. The molecule has 0 saturated carbocycles. The maximum atomic E-state index is 9.00. The van der Waals surface area contributed by atoms with E-state index in [1.165, 1.54) is 0 Å². The van der Waals surface area contributed by atoms with E-state index in [1.54, 1.807) is 0 Å². The summed E-state index contributed by atoms with van der Waals surface area (Å²) in [6.07, 6.45) is 8.25. The number of aliphatic carboxylic acids is 1. The van der Waals surface area contributed by atoms with Crippen LogP contribution in [0.3, 0.4) is 0 Å². The summed E-state index contributed by atoms with van der Waals surface area (Å²) in [5.41, 5.74) is 0. The van der Waals surface area contributed by atoms with Crippen LogP contribution in [0.2, 0.25) is 0 Å². The molecule has 0 aliphatic rings. The Morgan fingerprint density at radius 1 is 1.36 bits per heavy atom. The number of terminal acetylenes is 1. The first-order chi connectivity index (χ1) is 5.15. The first kappa shape index (κ1) is 22.7. The highest BCUT2D eigenvalue weighted by atomic mass is 16.4. The molecule has 4 heteroatoms. The van der Waals surface area contributed by atoms with Gasteiger partial charge in [0.2, 0.25) is 0 Å². The lowest BCUT2D eigenvalue weighted by Crippen LogP contribution is -1.78. The SMILES string of the molecule is C#C.CC.CC(=O)O.O=C=O.[HH].[HH]. The zero-order valence-electron chi connectivity index (χ0n) is 6.83. The molecule has 0 fully saturated rings. The van der Waals surface area contributed by atoms with Crippen LogP contribution in [0.1, 0.15) is 23.6 Å². The van der Waals surface area contributed by atoms with Crippen LogP contribution in [-0.4, -0.2) is 17.2 Å². The molecular formula is C7H16O4. The summed E-state index contributed by atoms with van der Waals surface area (Å²) in [7, 11) is 0. The molecule has 0 radical (unpaired) electrons. The minimum atomic E-state index is -0.833. The average Bonchev–Trinajstić information content (AvgIpc) is 1.96. The first-order valence-corrected chi connectivity index (χ1v) is 2.67. The van der Waals surface area contributed by atoms with Crippen molar-refractivity contribution in [1.29, 1.82) is 0 Å². The van der Waals surface area contributed by atoms with Gasteiger partial charge in [0, 0.05) is 9.78 Å². The van der Waals surface area contributed by atoms with Crippen molar-refractivity contribution in [3.8, 4) is 12.8 Å². The smallest absolute Gasteiger partial charge is 0.373 e. The minimum Gasteiger partial charge on any atom is -0.481 e. The second-order valence-corrected chi connectivity index (χ2v) is 0.602. The van der Waals surface area contributed by atoms with E-state index in [2.05, 4.69) is 12.8 Å². The molecule has 68 valence electrons. The van der Waals surface area contributed by atoms with Crippen LogP contribution >= 0.6 is 0 Å². The number of carbonyl (C=O) groups excluding carboxylic acids is 2. The maximum absolute atomic E-state index is 9.00. The Labute approximate surface area is 69.2 Å². The van der Waals surface area contributed by atoms with Crippen molar-refractivity contribution in [2.75, 3.05) is 0 Å². The Kier molecular flexibility index (Phi) is 164. The third kappa shape index (κ3) is 137. The topological polar surface area (TPSA) is 71.4 Å². The Morgan fingerprint density at radius 2 is 1.36 bits per heavy atom. The second kappa shape index (κ2) is 79.5. The molecule has 0 aliphatic carbocycles. The van der Waals surface area contributed by atoms with Crippen molar-refractivity contribution in [3.63, 3.8) is 0 Å². The Morgan fingerprint density at radius 3 is 1.36 bits per heavy atom. The van der Waals surface area contributed by atoms with Crippen LogP contribution in [0.5, 0.6) is 0 Å². The molecule has 4 nitrogen and oxygen atoms in total. The van der Waals surface area contributed by atoms with E-state index >= 15 is 0 Å². The predicted octanol–water partition coefficient (Wildman–Crippen LogP) is 1.27. The summed E-state index contributed by atoms with van der Waals surface area (Å²) < 4.78 is 0. The van der Waals surface area contributed by atoms with Crippen molar-refractivity contribution in [2.24, 2.45) is 0 Å². The lowest BCUT2D eigenvalue weighted by Gasteiger charge is -1.59. The molecule has 0 saturated heterocycles. The zero-order chi connectivity index (χ0) is 10.3. The molecule has 0 rings (SSSR count). The van der Waals surface area contributed by atoms with Gasteiger partial charge in [0.1, 0.15) is 0 Å². The largest absolute Gasteiger partial charge is 0.481 e. The maximum Gasteiger partial charge on any atom is 0.373 e. The normalized spacial score (nSPS) is 3.73. The highest BCUT2D eigenvalue weighted by Gasteiger charge is 1.65. The fourth-order valence-corrected chi connectivity index (χ4v) is 0. The number of hydrogen-bond acceptors (Lipinski definition) is 3. The van der Waals surface area contributed by atoms with Crippen LogP contribution < -0.4 is 0 Å². The van der Waals surface area contributed by atoms with Crippen molar-refractivity contribution < 1.29 is 22.3 Å². The van der Waals surface area contributed by atoms with Gasteiger partial charge in [-0.1, -0.05) is 13.8 Å². The fraction of sp³-hybridized carbons (Fsp3) is 0.429. The number of carboxylic acids is 1. The van der Waals surface area contributed by atoms with Crippen LogP contribution in [0.25, 0.3) is 0 Å². The quantitative estimate of drug-likeness (QED) is 0.547. The summed E-state index contributed by atoms with van der Waals surface area (Å²) in [4.78, 5) is 25.2. The van der Waals surface area contributed by atoms with E-state index in [-0.39, 0.29) is 9.00 Å². The molecule has 0 amide bonds. The lowest BCUT2D eigenvalue weighted by atomic mass is 10.9. The van der Waals surface area contributed by atoms with Crippen LogP contribution in [0, 0.1) is 12.8 Å². The van der Waals surface area contributed by atoms with E-state index in [4.69, 9.17) is 19.5 Å². The molecule has 0 aromatic carbocycles. The Balaban J connectivity index is -0.0000000125. The van der Waals surface area contributed by atoms with Gasteiger partial charge in [-0.2, -0.15) is 9.59 Å². The minimum absolute atomic E-state index is 0. The Bertz CT molecular complexity index is 113. The number of hydrogen-bond donors (Lipinski definition) is 1. The molecule has 0 aromatic rings. The molecule has 1 N–H and O–H groups in total. The number of carboxylic acid groups (broad SMARTS) is 1. The summed E-state index contributed by atoms with van der Waals surface area (Å²) in [6.45, 7) is 5.08. The van der Waals surface area contributed by atoms with Crippen molar-refractivity contribution in [2.45, 2.75) is 20.8 Å². The van der Waals surface area contributed by atoms with Crippen molar-refractivity contribution in [3.05, 3.63) is 0 Å². The summed E-state index contributed by atoms with van der Waals surface area (Å²) >= 11 is 0. The van der Waals surface area contributed by atoms with E-state index in [0.717, 1.165) is 6.92 Å². The van der Waals surface area contributed by atoms with E-state index in [9.17, 15) is 0 Å². The monoisotopic (exact) mass is 164 g/mol. The lowest BCUT2D eigenvalue weighted by molar-refractivity contribution is -0.191. The van der Waals surface area contributed by atoms with Crippen LogP contribution in [-0.2, 0) is 14.4 Å². The Hall–Kier alpha value is -1.59. The molecule has 0 spiro atoms. The van der Waals surface area contributed by atoms with Crippen LogP contribution in [0.15, 0.2) is 0 Å². The van der Waals surface area contributed by atoms with E-state index in [1.807, 2.05) is 13.8 Å². The van der Waals surface area contributed by atoms with Gasteiger partial charge in [0.15, 0.2) is 0 Å². The summed E-state index contributed by atoms with van der Waals surface area (Å²) in [5, 5.41) is 7.42. The van der Waals surface area contributed by atoms with Gasteiger partial charge in [-0.15, -0.1) is 12.8 Å². The van der Waals surface area contributed by atoms with Gasteiger partial charge < -0.3 is 5.11 Å². The van der Waals surface area contributed by atoms with Gasteiger partial charge in [-0.3, -0.25) is 4.79 Å². The van der Waals surface area contributed by atoms with Gasteiger partial charge in [-0.25, -0.2) is 0 Å². The highest BCUT2D eigenvalue weighted by molar-refractivity contribution is 5.62. The number of rotatable bonds is 0. The number of carbonyl (C=O) groups is 1. The first-order valence-electron chi connectivity index (χ1n) is 2.67. The molecule has 0 aliphatic heterocycles. The molecule has 11 heavy (non-hydrogen) atoms. The predicted molar refractivity (Wildman–Crippen MR) is 43.8 cm³/mol. The highest BCUT2D eigenvalue weighted by Crippen LogP contribution is 1.42. The van der Waals surface area contributed by atoms with E-state index < -0.39 is 5.97 Å². The molecule has 0 heterocycles. The summed E-state index contributed by atoms with van der Waals surface area (Å²) in [6, 6.07) is 0. The van der Waals surface area contributed by atoms with Gasteiger partial charge in [-0.05, 0) is 0 Å². The summed E-state index contributed by atoms with van der Waals surface area (Å²) in [5.74, 6) is -0.833. The van der Waals surface area contributed by atoms with Crippen molar-refractivity contribution >= 4 is 12.1 Å². The third-order valence-corrected chi connectivity index (χ3v) is 0. The molecule has 0 bridgehead atoms. The van der Waals surface area contributed by atoms with Gasteiger partial charge >= 0.3 is 6.15 Å². The van der Waals surface area contributed by atoms with Crippen molar-refractivity contribution in [1.82, 2.24) is 0 Å². The molecule has 0 unspecified atom stereocenters. The molecular weight excluding hydrogens is 148 g/mol. The second-order valence-electron chi connectivity index (χ2n) is 0.602. The van der Waals surface area contributed by atoms with Gasteiger partial charge in [0.25, 0.3) is 5.97 Å². The standard InChI is InChI=1S/C2H4O2.C2H6.C2H2.CO2.2H2/c1-2(3)4;2*1-2;2-1-3;;/h1H3,(H,3,4);1-2H3;1-2H;;2*1H. The van der Waals surface area contributed by atoms with Crippen LogP contribution in [0.4, 0.5) is 0 Å². The zero-order valence-corrected chi connectivity index (χ0v) is 6.83. The van der Waals surface area contributed by atoms with E-state index in [0.29, 0.717) is 0 Å². The molecule has 0 aromatic heterocycles.